The van der Waals surface area contributed by atoms with Crippen molar-refractivity contribution in [3.63, 3.8) is 0 Å². The molecule has 1 aromatic rings. The average Bonchev–Trinajstić information content (AvgIpc) is 2.16. The molecular formula is C12H19OSi2. The SMILES string of the molecule is COc1ccccc1CCC[Si](C)(C)[Si]. The van der Waals surface area contributed by atoms with Crippen LogP contribution in [0.15, 0.2) is 24.3 Å². The molecule has 0 atom stereocenters. The molecule has 0 heterocycles. The van der Waals surface area contributed by atoms with Crippen molar-refractivity contribution in [2.24, 2.45) is 0 Å². The normalized spacial score (nSPS) is 11.5. The van der Waals surface area contributed by atoms with Gasteiger partial charge in [-0.2, -0.15) is 0 Å². The zero-order valence-electron chi connectivity index (χ0n) is 9.84. The van der Waals surface area contributed by atoms with Gasteiger partial charge in [0, 0.05) is 17.4 Å². The molecule has 3 radical (unpaired) electrons. The van der Waals surface area contributed by atoms with Crippen molar-refractivity contribution < 1.29 is 4.74 Å². The van der Waals surface area contributed by atoms with Gasteiger partial charge >= 0.3 is 0 Å². The number of methoxy groups -OCH3 is 1. The Bertz CT molecular complexity index is 305. The van der Waals surface area contributed by atoms with Gasteiger partial charge in [0.2, 0.25) is 0 Å². The van der Waals surface area contributed by atoms with E-state index in [1.54, 1.807) is 7.11 Å². The molecule has 0 spiro atoms. The first kappa shape index (κ1) is 12.5. The van der Waals surface area contributed by atoms with E-state index in [4.69, 9.17) is 4.74 Å². The highest BCUT2D eigenvalue weighted by molar-refractivity contribution is 7.15. The van der Waals surface area contributed by atoms with Crippen LogP contribution in [0.25, 0.3) is 0 Å². The fourth-order valence-electron chi connectivity index (χ4n) is 1.63. The number of hydrogen-bond donors (Lipinski definition) is 0. The highest BCUT2D eigenvalue weighted by atomic mass is 29.2. The molecule has 0 aliphatic carbocycles. The molecule has 81 valence electrons. The van der Waals surface area contributed by atoms with E-state index >= 15 is 0 Å². The van der Waals surface area contributed by atoms with Gasteiger partial charge in [0.1, 0.15) is 5.75 Å². The number of hydrogen-bond acceptors (Lipinski definition) is 1. The first-order valence-electron chi connectivity index (χ1n) is 5.40. The second kappa shape index (κ2) is 5.51. The van der Waals surface area contributed by atoms with E-state index in [0.29, 0.717) is 0 Å². The minimum atomic E-state index is -1.07. The fourth-order valence-corrected chi connectivity index (χ4v) is 3.22. The van der Waals surface area contributed by atoms with E-state index in [1.165, 1.54) is 18.0 Å². The third kappa shape index (κ3) is 4.66. The molecule has 1 aromatic carbocycles. The van der Waals surface area contributed by atoms with Gasteiger partial charge in [-0.25, -0.2) is 0 Å². The van der Waals surface area contributed by atoms with Gasteiger partial charge in [-0.05, 0) is 18.1 Å². The number of ether oxygens (including phenoxy) is 1. The van der Waals surface area contributed by atoms with E-state index in [9.17, 15) is 0 Å². The summed E-state index contributed by atoms with van der Waals surface area (Å²) in [6.45, 7) is 4.68. The fraction of sp³-hybridized carbons (Fsp3) is 0.500. The van der Waals surface area contributed by atoms with Crippen LogP contribution in [-0.4, -0.2) is 24.5 Å². The van der Waals surface area contributed by atoms with Gasteiger partial charge in [-0.1, -0.05) is 43.8 Å². The second-order valence-corrected chi connectivity index (χ2v) is 12.9. The van der Waals surface area contributed by atoms with Gasteiger partial charge in [-0.15, -0.1) is 0 Å². The molecule has 0 bridgehead atoms. The van der Waals surface area contributed by atoms with Crippen LogP contribution >= 0.6 is 0 Å². The molecule has 1 nitrogen and oxygen atoms in total. The Balaban J connectivity index is 2.50. The van der Waals surface area contributed by atoms with Crippen LogP contribution < -0.4 is 4.74 Å². The molecule has 0 amide bonds. The highest BCUT2D eigenvalue weighted by Crippen LogP contribution is 2.20. The van der Waals surface area contributed by atoms with Crippen molar-refractivity contribution in [2.75, 3.05) is 7.11 Å². The average molecular weight is 235 g/mol. The molecule has 0 N–H and O–H groups in total. The van der Waals surface area contributed by atoms with Crippen molar-refractivity contribution in [1.29, 1.82) is 0 Å². The molecule has 15 heavy (non-hydrogen) atoms. The summed E-state index contributed by atoms with van der Waals surface area (Å²) in [5, 5.41) is 0. The van der Waals surface area contributed by atoms with E-state index in [-0.39, 0.29) is 0 Å². The molecular weight excluding hydrogens is 216 g/mol. The number of aryl methyl sites for hydroxylation is 1. The third-order valence-electron chi connectivity index (χ3n) is 2.44. The zero-order valence-corrected chi connectivity index (χ0v) is 11.8. The zero-order chi connectivity index (χ0) is 11.3. The van der Waals surface area contributed by atoms with Crippen molar-refractivity contribution in [3.05, 3.63) is 29.8 Å². The summed E-state index contributed by atoms with van der Waals surface area (Å²) in [6.07, 6.45) is 2.36. The second-order valence-electron chi connectivity index (χ2n) is 4.55. The predicted molar refractivity (Wildman–Crippen MR) is 69.4 cm³/mol. The minimum absolute atomic E-state index is 1.02. The summed E-state index contributed by atoms with van der Waals surface area (Å²) in [5.74, 6) is 1.02. The first-order valence-corrected chi connectivity index (χ1v) is 10.1. The van der Waals surface area contributed by atoms with Crippen molar-refractivity contribution in [1.82, 2.24) is 0 Å². The summed E-state index contributed by atoms with van der Waals surface area (Å²) in [7, 11) is 4.51. The maximum atomic E-state index is 5.33. The quantitative estimate of drug-likeness (QED) is 0.713. The minimum Gasteiger partial charge on any atom is -0.496 e. The van der Waals surface area contributed by atoms with Crippen LogP contribution in [0.4, 0.5) is 0 Å². The van der Waals surface area contributed by atoms with Crippen LogP contribution in [0.2, 0.25) is 19.1 Å². The lowest BCUT2D eigenvalue weighted by atomic mass is 10.1. The third-order valence-corrected chi connectivity index (χ3v) is 4.79. The van der Waals surface area contributed by atoms with Crippen LogP contribution in [0.1, 0.15) is 12.0 Å². The standard InChI is InChI=1S/C12H19OSi2/c1-13-12-9-5-4-7-11(12)8-6-10-15(2,3)14/h4-5,7,9H,6,8,10H2,1-3H3. The smallest absolute Gasteiger partial charge is 0.122 e. The summed E-state index contributed by atoms with van der Waals surface area (Å²) in [4.78, 5) is 0. The molecule has 1 rings (SSSR count). The summed E-state index contributed by atoms with van der Waals surface area (Å²) < 4.78 is 5.33. The van der Waals surface area contributed by atoms with Gasteiger partial charge in [0.25, 0.3) is 0 Å². The van der Waals surface area contributed by atoms with Gasteiger partial charge < -0.3 is 4.74 Å². The van der Waals surface area contributed by atoms with Crippen LogP contribution in [-0.2, 0) is 6.42 Å². The molecule has 0 aliphatic rings. The Kier molecular flexibility index (Phi) is 4.60. The maximum Gasteiger partial charge on any atom is 0.122 e. The lowest BCUT2D eigenvalue weighted by Gasteiger charge is -2.15. The lowest BCUT2D eigenvalue weighted by Crippen LogP contribution is -2.25. The van der Waals surface area contributed by atoms with Crippen LogP contribution in [0.3, 0.4) is 0 Å². The van der Waals surface area contributed by atoms with Crippen LogP contribution in [0, 0.1) is 0 Å². The first-order chi connectivity index (χ1) is 7.03. The van der Waals surface area contributed by atoms with Crippen molar-refractivity contribution in [2.45, 2.75) is 32.0 Å². The Hall–Kier alpha value is -0.546. The molecule has 0 saturated carbocycles. The van der Waals surface area contributed by atoms with Gasteiger partial charge in [0.15, 0.2) is 0 Å². The maximum absolute atomic E-state index is 5.33. The molecule has 0 unspecified atom stereocenters. The van der Waals surface area contributed by atoms with Crippen molar-refractivity contribution >= 4 is 17.4 Å². The largest absolute Gasteiger partial charge is 0.496 e. The number of benzene rings is 1. The highest BCUT2D eigenvalue weighted by Gasteiger charge is 2.12. The molecule has 0 aromatic heterocycles. The van der Waals surface area contributed by atoms with E-state index in [1.807, 2.05) is 12.1 Å². The van der Waals surface area contributed by atoms with E-state index in [0.717, 1.165) is 12.2 Å². The molecule has 0 aliphatic heterocycles. The molecule has 0 saturated heterocycles. The Labute approximate surface area is 97.1 Å². The summed E-state index contributed by atoms with van der Waals surface area (Å²) in [6, 6.07) is 9.59. The summed E-state index contributed by atoms with van der Waals surface area (Å²) in [5.41, 5.74) is 1.32. The van der Waals surface area contributed by atoms with Crippen molar-refractivity contribution in [3.8, 4) is 5.75 Å². The number of rotatable bonds is 5. The monoisotopic (exact) mass is 235 g/mol. The Morgan fingerprint density at radius 1 is 1.27 bits per heavy atom. The summed E-state index contributed by atoms with van der Waals surface area (Å²) >= 11 is 0. The number of para-hydroxylation sites is 1. The van der Waals surface area contributed by atoms with E-state index < -0.39 is 7.59 Å². The predicted octanol–water partition coefficient (Wildman–Crippen LogP) is 3.00. The Morgan fingerprint density at radius 3 is 2.53 bits per heavy atom. The lowest BCUT2D eigenvalue weighted by molar-refractivity contribution is 0.409. The van der Waals surface area contributed by atoms with Crippen LogP contribution in [0.5, 0.6) is 5.75 Å². The van der Waals surface area contributed by atoms with Gasteiger partial charge in [0.05, 0.1) is 7.11 Å². The molecule has 3 heteroatoms. The van der Waals surface area contributed by atoms with Gasteiger partial charge in [-0.3, -0.25) is 0 Å². The van der Waals surface area contributed by atoms with E-state index in [2.05, 4.69) is 35.0 Å². The Morgan fingerprint density at radius 2 is 1.93 bits per heavy atom. The molecule has 0 fully saturated rings. The topological polar surface area (TPSA) is 9.23 Å².